The van der Waals surface area contributed by atoms with Gasteiger partial charge in [0.1, 0.15) is 0 Å². The van der Waals surface area contributed by atoms with E-state index in [4.69, 9.17) is 9.47 Å². The Balaban J connectivity index is -0.000000116. The van der Waals surface area contributed by atoms with Crippen molar-refractivity contribution in [3.8, 4) is 0 Å². The van der Waals surface area contributed by atoms with E-state index >= 15 is 0 Å². The van der Waals surface area contributed by atoms with Crippen molar-refractivity contribution in [3.63, 3.8) is 0 Å². The van der Waals surface area contributed by atoms with E-state index in [1.54, 1.807) is 0 Å². The van der Waals surface area contributed by atoms with Crippen molar-refractivity contribution in [2.75, 3.05) is 26.4 Å². The van der Waals surface area contributed by atoms with Gasteiger partial charge < -0.3 is 14.9 Å². The van der Waals surface area contributed by atoms with Crippen LogP contribution >= 0.6 is 23.7 Å². The molecule has 0 spiro atoms. The van der Waals surface area contributed by atoms with Crippen LogP contribution in [0, 0.1) is 0 Å². The first-order valence-corrected chi connectivity index (χ1v) is 3.08. The van der Waals surface area contributed by atoms with Crippen LogP contribution in [0.15, 0.2) is 0 Å². The molecule has 1 aliphatic heterocycles. The first kappa shape index (κ1) is 18.2. The minimum Gasteiger partial charge on any atom is -0.412 e. The maximum Gasteiger partial charge on any atom is 0.0832 e. The summed E-state index contributed by atoms with van der Waals surface area (Å²) in [5, 5.41) is 0. The molecule has 0 amide bonds. The minimum atomic E-state index is 0. The Labute approximate surface area is 94.9 Å². The van der Waals surface area contributed by atoms with Crippen LogP contribution in [0.2, 0.25) is 0 Å². The summed E-state index contributed by atoms with van der Waals surface area (Å²) in [6, 6.07) is 0. The summed E-state index contributed by atoms with van der Waals surface area (Å²) in [5.41, 5.74) is 0. The van der Waals surface area contributed by atoms with Crippen LogP contribution in [0.3, 0.4) is 0 Å². The molecule has 0 atom stereocenters. The molecule has 0 aliphatic carbocycles. The van der Waals surface area contributed by atoms with Gasteiger partial charge in [0.2, 0.25) is 0 Å². The summed E-state index contributed by atoms with van der Waals surface area (Å²) in [6.45, 7) is 3.11. The molecule has 1 fully saturated rings. The molecule has 0 bridgehead atoms. The van der Waals surface area contributed by atoms with Crippen LogP contribution in [-0.2, 0) is 39.5 Å². The van der Waals surface area contributed by atoms with Crippen LogP contribution in [0.5, 0.6) is 0 Å². The van der Waals surface area contributed by atoms with Gasteiger partial charge >= 0.3 is 0 Å². The second kappa shape index (κ2) is 17.4. The Kier molecular flexibility index (Phi) is 28.7. The van der Waals surface area contributed by atoms with E-state index in [1.165, 1.54) is 0 Å². The molecule has 0 radical (unpaired) electrons. The molecule has 0 unspecified atom stereocenters. The molecule has 0 aromatic heterocycles. The average Bonchev–Trinajstić information content (AvgIpc) is 1.93. The molecule has 1 aliphatic rings. The average molecular weight is 284 g/mol. The molecule has 1 rings (SSSR count). The Morgan fingerprint density at radius 2 is 1.09 bits per heavy atom. The summed E-state index contributed by atoms with van der Waals surface area (Å²) < 4.78 is 13.1. The fraction of sp³-hybridized carbons (Fsp3) is 1.00. The third-order valence-corrected chi connectivity index (χ3v) is 0.744. The number of hydrogen-bond donors (Lipinski definition) is 0. The van der Waals surface area contributed by atoms with Crippen molar-refractivity contribution in [1.82, 2.24) is 0 Å². The molecule has 1 heterocycles. The zero-order chi connectivity index (χ0) is 6.95. The zero-order valence-electron chi connectivity index (χ0n) is 5.81. The monoisotopic (exact) mass is 282 g/mol. The van der Waals surface area contributed by atoms with Gasteiger partial charge in [0.25, 0.3) is 0 Å². The Morgan fingerprint density at radius 3 is 1.18 bits per heavy atom. The molecule has 68 valence electrons. The predicted molar refractivity (Wildman–Crippen MR) is 38.0 cm³/mol. The molecule has 1 saturated heterocycles. The molecule has 11 heavy (non-hydrogen) atoms. The maximum atomic E-state index is 4.94. The van der Waals surface area contributed by atoms with Crippen LogP contribution < -0.4 is 0 Å². The molecule has 2 N–H and O–H groups in total. The van der Waals surface area contributed by atoms with E-state index in [0.29, 0.717) is 0 Å². The number of hydrogen-bond acceptors (Lipinski definition) is 3. The van der Waals surface area contributed by atoms with E-state index < -0.39 is 0 Å². The summed E-state index contributed by atoms with van der Waals surface area (Å²) in [4.78, 5) is 0. The van der Waals surface area contributed by atoms with E-state index in [2.05, 4.69) is 27.6 Å². The molecule has 0 aromatic rings. The summed E-state index contributed by atoms with van der Waals surface area (Å²) >= 11 is 8.53. The quantitative estimate of drug-likeness (QED) is 0.651. The van der Waals surface area contributed by atoms with Crippen molar-refractivity contribution < 1.29 is 45.0 Å². The molecule has 7 heteroatoms. The fourth-order valence-electron chi connectivity index (χ4n) is 0.440. The van der Waals surface area contributed by atoms with Gasteiger partial charge in [-0.15, -0.1) is 0 Å². The van der Waals surface area contributed by atoms with Crippen molar-refractivity contribution in [2.24, 2.45) is 0 Å². The summed E-state index contributed by atoms with van der Waals surface area (Å²) in [6.07, 6.45) is 0. The van der Waals surface area contributed by atoms with Gasteiger partial charge in [-0.05, 0) is 0 Å². The van der Waals surface area contributed by atoms with Crippen molar-refractivity contribution in [3.05, 3.63) is 0 Å². The Hall–Kier alpha value is 1.30. The number of rotatable bonds is 0. The number of halogens is 2. The van der Waals surface area contributed by atoms with Gasteiger partial charge in [-0.3, -0.25) is 0 Å². The van der Waals surface area contributed by atoms with Crippen molar-refractivity contribution in [1.29, 1.82) is 0 Å². The molecular weight excluding hydrogens is 274 g/mol. The fourth-order valence-corrected chi connectivity index (χ4v) is 0.440. The van der Waals surface area contributed by atoms with E-state index in [-0.39, 0.29) is 31.7 Å². The standard InChI is InChI=1S/C4H8O2.Cl2O.H2O.Zr/c1-2-6-4-3-5-1;1-3-2;;/h1-4H2;;1H2;. The van der Waals surface area contributed by atoms with Gasteiger partial charge in [-0.25, -0.2) is 0 Å². The largest absolute Gasteiger partial charge is 0.412 e. The van der Waals surface area contributed by atoms with Crippen LogP contribution in [0.25, 0.3) is 0 Å². The van der Waals surface area contributed by atoms with Crippen LogP contribution in [0.1, 0.15) is 0 Å². The van der Waals surface area contributed by atoms with Crippen LogP contribution in [0.4, 0.5) is 0 Å². The van der Waals surface area contributed by atoms with Crippen molar-refractivity contribution >= 4 is 23.7 Å². The van der Waals surface area contributed by atoms with Gasteiger partial charge in [0, 0.05) is 26.2 Å². The van der Waals surface area contributed by atoms with Crippen molar-refractivity contribution in [2.45, 2.75) is 0 Å². The third-order valence-electron chi connectivity index (χ3n) is 0.744. The van der Waals surface area contributed by atoms with E-state index in [9.17, 15) is 0 Å². The number of ether oxygens (including phenoxy) is 2. The first-order valence-electron chi connectivity index (χ1n) is 2.46. The third kappa shape index (κ3) is 18.3. The Bertz CT molecular complexity index is 43.8. The molecule has 4 nitrogen and oxygen atoms in total. The smallest absolute Gasteiger partial charge is 0.0832 e. The van der Waals surface area contributed by atoms with Gasteiger partial charge in [0.15, 0.2) is 0 Å². The first-order chi connectivity index (χ1) is 4.41. The predicted octanol–water partition coefficient (Wildman–Crippen LogP) is 0.517. The van der Waals surface area contributed by atoms with E-state index in [1.807, 2.05) is 0 Å². The maximum absolute atomic E-state index is 4.94. The molecule has 0 saturated carbocycles. The summed E-state index contributed by atoms with van der Waals surface area (Å²) in [5.74, 6) is 0. The second-order valence-corrected chi connectivity index (χ2v) is 1.75. The van der Waals surface area contributed by atoms with Gasteiger partial charge in [-0.2, -0.15) is 3.84 Å². The van der Waals surface area contributed by atoms with Crippen LogP contribution in [-0.4, -0.2) is 31.9 Å². The SMILES string of the molecule is C1COCCO1.ClOCl.O.[Zr]. The molecule has 0 aromatic carbocycles. The minimum absolute atomic E-state index is 0. The zero-order valence-corrected chi connectivity index (χ0v) is 9.78. The van der Waals surface area contributed by atoms with Gasteiger partial charge in [0.05, 0.1) is 50.2 Å². The van der Waals surface area contributed by atoms with E-state index in [0.717, 1.165) is 26.4 Å². The normalized spacial score (nSPS) is 14.7. The second-order valence-electron chi connectivity index (χ2n) is 1.28. The Morgan fingerprint density at radius 1 is 0.909 bits per heavy atom. The topological polar surface area (TPSA) is 59.2 Å². The summed E-state index contributed by atoms with van der Waals surface area (Å²) in [7, 11) is 0. The molecular formula is C4H10Cl2O4Zr. The van der Waals surface area contributed by atoms with Gasteiger partial charge in [-0.1, -0.05) is 0 Å².